The highest BCUT2D eigenvalue weighted by Crippen LogP contribution is 2.02. The van der Waals surface area contributed by atoms with Crippen LogP contribution in [0, 0.1) is 0 Å². The minimum absolute atomic E-state index is 0.422. The lowest BCUT2D eigenvalue weighted by atomic mass is 10.6. The zero-order chi connectivity index (χ0) is 7.56. The molecule has 10 heavy (non-hydrogen) atoms. The Kier molecular flexibility index (Phi) is 2.96. The Bertz CT molecular complexity index is 165. The third kappa shape index (κ3) is 2.12. The van der Waals surface area contributed by atoms with E-state index in [-0.39, 0.29) is 0 Å². The van der Waals surface area contributed by atoms with Crippen molar-refractivity contribution in [1.29, 1.82) is 0 Å². The van der Waals surface area contributed by atoms with Crippen LogP contribution in [0.5, 0.6) is 0 Å². The second-order valence-corrected chi connectivity index (χ2v) is 4.78. The summed E-state index contributed by atoms with van der Waals surface area (Å²) in [7, 11) is -2.44. The molecule has 1 rings (SSSR count). The average molecular weight is 183 g/mol. The molecule has 4 nitrogen and oxygen atoms in total. The molecular formula is C4H9NO3S2. The van der Waals surface area contributed by atoms with Gasteiger partial charge in [-0.15, -0.1) is 0 Å². The molecule has 0 aromatic heterocycles. The maximum Gasteiger partial charge on any atom is 0.204 e. The summed E-state index contributed by atoms with van der Waals surface area (Å²) in [6.07, 6.45) is 0. The first-order chi connectivity index (χ1) is 4.70. The van der Waals surface area contributed by atoms with Gasteiger partial charge in [0.15, 0.2) is 0 Å². The molecule has 0 radical (unpaired) electrons. The topological polar surface area (TPSA) is 60.4 Å². The molecule has 1 aliphatic rings. The van der Waals surface area contributed by atoms with Gasteiger partial charge in [-0.25, -0.2) is 8.42 Å². The van der Waals surface area contributed by atoms with E-state index in [0.29, 0.717) is 24.6 Å². The van der Waals surface area contributed by atoms with Crippen LogP contribution in [0.25, 0.3) is 0 Å². The molecule has 0 aliphatic carbocycles. The van der Waals surface area contributed by atoms with Gasteiger partial charge in [0, 0.05) is 0 Å². The van der Waals surface area contributed by atoms with E-state index >= 15 is 0 Å². The molecule has 0 atom stereocenters. The van der Waals surface area contributed by atoms with Gasteiger partial charge in [0.2, 0.25) is 10.9 Å². The first-order valence-corrected chi connectivity index (χ1v) is 5.56. The van der Waals surface area contributed by atoms with Crippen molar-refractivity contribution >= 4 is 22.1 Å². The predicted octanol–water partition coefficient (Wildman–Crippen LogP) is -1.42. The van der Waals surface area contributed by atoms with Gasteiger partial charge < -0.3 is 4.55 Å². The fourth-order valence-corrected chi connectivity index (χ4v) is 2.64. The van der Waals surface area contributed by atoms with E-state index in [1.165, 1.54) is 4.31 Å². The number of thiol groups is 1. The molecule has 6 heteroatoms. The van der Waals surface area contributed by atoms with Crippen molar-refractivity contribution in [2.45, 2.75) is 0 Å². The summed E-state index contributed by atoms with van der Waals surface area (Å²) in [5.74, 6) is 0.979. The molecule has 0 bridgehead atoms. The highest BCUT2D eigenvalue weighted by Gasteiger charge is 2.20. The molecule has 0 aromatic rings. The molecule has 0 aromatic carbocycles. The van der Waals surface area contributed by atoms with Crippen molar-refractivity contribution < 1.29 is 13.0 Å². The van der Waals surface area contributed by atoms with Gasteiger partial charge in [-0.3, -0.25) is 0 Å². The van der Waals surface area contributed by atoms with E-state index in [4.69, 9.17) is 0 Å². The van der Waals surface area contributed by atoms with Crippen molar-refractivity contribution in [2.75, 3.05) is 24.6 Å². The molecule has 0 N–H and O–H groups in total. The molecule has 1 fully saturated rings. The Balaban J connectivity index is 2.40. The van der Waals surface area contributed by atoms with E-state index < -0.39 is 22.1 Å². The van der Waals surface area contributed by atoms with Gasteiger partial charge >= 0.3 is 0 Å². The van der Waals surface area contributed by atoms with Crippen molar-refractivity contribution in [3.05, 3.63) is 0 Å². The normalized spacial score (nSPS) is 23.8. The average Bonchev–Trinajstić information content (AvgIpc) is 1.88. The van der Waals surface area contributed by atoms with Crippen LogP contribution in [-0.2, 0) is 22.1 Å². The van der Waals surface area contributed by atoms with E-state index in [0.717, 1.165) is 0 Å². The molecular weight excluding hydrogens is 174 g/mol. The lowest BCUT2D eigenvalue weighted by Gasteiger charge is -2.22. The van der Waals surface area contributed by atoms with Crippen LogP contribution >= 0.6 is 0 Å². The second-order valence-electron chi connectivity index (χ2n) is 2.04. The van der Waals surface area contributed by atoms with Crippen molar-refractivity contribution in [1.82, 2.24) is 4.31 Å². The largest absolute Gasteiger partial charge is 0.616 e. The third-order valence-corrected chi connectivity index (χ3v) is 3.52. The zero-order valence-electron chi connectivity index (χ0n) is 5.36. The predicted molar refractivity (Wildman–Crippen MR) is 39.8 cm³/mol. The Morgan fingerprint density at radius 2 is 1.80 bits per heavy atom. The van der Waals surface area contributed by atoms with Crippen LogP contribution in [0.1, 0.15) is 0 Å². The molecule has 1 heterocycles. The van der Waals surface area contributed by atoms with Crippen molar-refractivity contribution in [3.63, 3.8) is 0 Å². The van der Waals surface area contributed by atoms with Crippen LogP contribution in [0.4, 0.5) is 0 Å². The monoisotopic (exact) mass is 183 g/mol. The third-order valence-electron chi connectivity index (χ3n) is 1.39. The van der Waals surface area contributed by atoms with Crippen LogP contribution in [-0.4, -0.2) is 41.9 Å². The first kappa shape index (κ1) is 8.32. The van der Waals surface area contributed by atoms with E-state index in [1.54, 1.807) is 0 Å². The van der Waals surface area contributed by atoms with Gasteiger partial charge in [-0.2, -0.15) is 4.31 Å². The van der Waals surface area contributed by atoms with Gasteiger partial charge in [-0.05, 0) is 0 Å². The lowest BCUT2D eigenvalue weighted by Crippen LogP contribution is -2.39. The molecule has 0 saturated carbocycles. The van der Waals surface area contributed by atoms with E-state index in [1.807, 2.05) is 0 Å². The molecule has 0 amide bonds. The number of hydrogen-bond donors (Lipinski definition) is 1. The van der Waals surface area contributed by atoms with Crippen LogP contribution in [0.2, 0.25) is 0 Å². The van der Waals surface area contributed by atoms with Crippen molar-refractivity contribution in [3.8, 4) is 0 Å². The summed E-state index contributed by atoms with van der Waals surface area (Å²) in [6.45, 7) is 0.844. The highest BCUT2D eigenvalue weighted by molar-refractivity contribution is 7.91. The Hall–Kier alpha value is 0.220. The van der Waals surface area contributed by atoms with Crippen LogP contribution < -0.4 is 0 Å². The van der Waals surface area contributed by atoms with E-state index in [9.17, 15) is 13.0 Å². The lowest BCUT2D eigenvalue weighted by molar-refractivity contribution is 0.445. The number of hydrogen-bond acceptors (Lipinski definition) is 3. The smallest absolute Gasteiger partial charge is 0.204 e. The Morgan fingerprint density at radius 3 is 2.20 bits per heavy atom. The molecule has 1 saturated heterocycles. The zero-order valence-corrected chi connectivity index (χ0v) is 7.07. The summed E-state index contributed by atoms with van der Waals surface area (Å²) in [5.41, 5.74) is 0. The molecule has 0 unspecified atom stereocenters. The summed E-state index contributed by atoms with van der Waals surface area (Å²) in [6, 6.07) is 0. The Labute approximate surface area is 64.5 Å². The highest BCUT2D eigenvalue weighted by atomic mass is 32.2. The van der Waals surface area contributed by atoms with Gasteiger partial charge in [-0.1, -0.05) is 11.2 Å². The van der Waals surface area contributed by atoms with Crippen molar-refractivity contribution in [2.24, 2.45) is 0 Å². The minimum atomic E-state index is -2.44. The van der Waals surface area contributed by atoms with Gasteiger partial charge in [0.25, 0.3) is 0 Å². The summed E-state index contributed by atoms with van der Waals surface area (Å²) in [5, 5.41) is 0. The summed E-state index contributed by atoms with van der Waals surface area (Å²) in [4.78, 5) is 0. The second kappa shape index (κ2) is 3.56. The van der Waals surface area contributed by atoms with Gasteiger partial charge in [0.05, 0.1) is 13.1 Å². The molecule has 1 aliphatic heterocycles. The fourth-order valence-electron chi connectivity index (χ4n) is 0.792. The molecule has 0 spiro atoms. The fraction of sp³-hybridized carbons (Fsp3) is 1.00. The van der Waals surface area contributed by atoms with Crippen LogP contribution in [0.3, 0.4) is 0 Å². The first-order valence-electron chi connectivity index (χ1n) is 2.94. The molecule has 60 valence electrons. The summed E-state index contributed by atoms with van der Waals surface area (Å²) < 4.78 is 32.7. The van der Waals surface area contributed by atoms with E-state index in [2.05, 4.69) is 0 Å². The SMILES string of the molecule is O=[SH](=O)N1CC[S+]([O-])CC1. The summed E-state index contributed by atoms with van der Waals surface area (Å²) >= 11 is -0.787. The standard InChI is InChI=1S/C4H9NO3S2/c6-9-3-1-5(2-4-9)10(7)8/h10H,1-4H2. The maximum atomic E-state index is 10.7. The Morgan fingerprint density at radius 1 is 1.30 bits per heavy atom. The maximum absolute atomic E-state index is 10.7. The number of rotatable bonds is 1. The number of nitrogens with zero attached hydrogens (tertiary/aromatic N) is 1. The van der Waals surface area contributed by atoms with Crippen LogP contribution in [0.15, 0.2) is 0 Å². The van der Waals surface area contributed by atoms with Gasteiger partial charge in [0.1, 0.15) is 11.5 Å². The quantitative estimate of drug-likeness (QED) is 0.401. The minimum Gasteiger partial charge on any atom is -0.616 e.